The van der Waals surface area contributed by atoms with Crippen molar-refractivity contribution in [2.75, 3.05) is 0 Å². The minimum atomic E-state index is -0.650. The highest BCUT2D eigenvalue weighted by Gasteiger charge is 2.36. The summed E-state index contributed by atoms with van der Waals surface area (Å²) in [5.41, 5.74) is 1.20. The van der Waals surface area contributed by atoms with E-state index in [2.05, 4.69) is 11.6 Å². The Labute approximate surface area is 96.7 Å². The first-order chi connectivity index (χ1) is 7.55. The first kappa shape index (κ1) is 12.4. The minimum Gasteiger partial charge on any atom is -0.211 e. The highest BCUT2D eigenvalue weighted by molar-refractivity contribution is 5.43. The van der Waals surface area contributed by atoms with Crippen LogP contribution in [-0.2, 0) is 10.3 Å². The lowest BCUT2D eigenvalue weighted by molar-refractivity contribution is 0.376. The summed E-state index contributed by atoms with van der Waals surface area (Å²) >= 11 is 0. The van der Waals surface area contributed by atoms with Gasteiger partial charge in [0.25, 0.3) is 0 Å². The number of aliphatic imine (C=N–C) groups is 1. The molecule has 1 unspecified atom stereocenters. The molecule has 0 aromatic heterocycles. The first-order valence-corrected chi connectivity index (χ1v) is 5.36. The van der Waals surface area contributed by atoms with Gasteiger partial charge in [-0.15, -0.1) is 0 Å². The predicted molar refractivity (Wildman–Crippen MR) is 65.9 cm³/mol. The topological polar surface area (TPSA) is 29.4 Å². The van der Waals surface area contributed by atoms with Crippen molar-refractivity contribution in [1.82, 2.24) is 0 Å². The van der Waals surface area contributed by atoms with Crippen LogP contribution < -0.4 is 0 Å². The molecule has 1 aromatic rings. The maximum absolute atomic E-state index is 10.7. The molecule has 0 radical (unpaired) electrons. The van der Waals surface area contributed by atoms with E-state index in [1.165, 1.54) is 0 Å². The quantitative estimate of drug-likeness (QED) is 0.429. The molecule has 0 N–H and O–H groups in total. The molecule has 16 heavy (non-hydrogen) atoms. The Kier molecular flexibility index (Phi) is 3.81. The highest BCUT2D eigenvalue weighted by atomic mass is 16.1. The van der Waals surface area contributed by atoms with Crippen molar-refractivity contribution in [2.24, 2.45) is 10.9 Å². The number of rotatable bonds is 4. The molecule has 1 rings (SSSR count). The fourth-order valence-corrected chi connectivity index (χ4v) is 2.13. The van der Waals surface area contributed by atoms with Crippen LogP contribution in [0.4, 0.5) is 0 Å². The molecule has 2 nitrogen and oxygen atoms in total. The lowest BCUT2D eigenvalue weighted by Crippen LogP contribution is -2.31. The monoisotopic (exact) mass is 215 g/mol. The fraction of sp³-hybridized carbons (Fsp3) is 0.357. The molecule has 0 spiro atoms. The van der Waals surface area contributed by atoms with Crippen molar-refractivity contribution in [3.8, 4) is 0 Å². The summed E-state index contributed by atoms with van der Waals surface area (Å²) in [4.78, 5) is 14.7. The van der Waals surface area contributed by atoms with Crippen molar-refractivity contribution < 1.29 is 4.79 Å². The van der Waals surface area contributed by atoms with E-state index >= 15 is 0 Å². The van der Waals surface area contributed by atoms with E-state index in [0.717, 1.165) is 11.1 Å². The predicted octanol–water partition coefficient (Wildman–Crippen LogP) is 3.45. The maximum Gasteiger partial charge on any atom is 0.236 e. The second-order valence-electron chi connectivity index (χ2n) is 4.27. The van der Waals surface area contributed by atoms with Gasteiger partial charge in [0, 0.05) is 0 Å². The van der Waals surface area contributed by atoms with Crippen LogP contribution in [0.25, 0.3) is 0 Å². The molecule has 84 valence electrons. The van der Waals surface area contributed by atoms with Gasteiger partial charge in [0.15, 0.2) is 0 Å². The summed E-state index contributed by atoms with van der Waals surface area (Å²) in [5.74, 6) is 0.161. The highest BCUT2D eigenvalue weighted by Crippen LogP contribution is 2.39. The van der Waals surface area contributed by atoms with Crippen LogP contribution in [-0.4, -0.2) is 6.08 Å². The smallest absolute Gasteiger partial charge is 0.211 e. The minimum absolute atomic E-state index is 0.161. The van der Waals surface area contributed by atoms with Crippen LogP contribution >= 0.6 is 0 Å². The zero-order valence-electron chi connectivity index (χ0n) is 10.0. The lowest BCUT2D eigenvalue weighted by atomic mass is 9.76. The summed E-state index contributed by atoms with van der Waals surface area (Å²) in [6, 6.07) is 9.76. The third-order valence-corrected chi connectivity index (χ3v) is 2.92. The van der Waals surface area contributed by atoms with Gasteiger partial charge in [-0.2, -0.15) is 4.99 Å². The number of nitrogens with zero attached hydrogens (tertiary/aromatic N) is 1. The van der Waals surface area contributed by atoms with Crippen molar-refractivity contribution in [2.45, 2.75) is 26.3 Å². The van der Waals surface area contributed by atoms with E-state index in [1.807, 2.05) is 51.1 Å². The van der Waals surface area contributed by atoms with Crippen LogP contribution in [0.2, 0.25) is 0 Å². The first-order valence-electron chi connectivity index (χ1n) is 5.36. The number of carbonyl (C=O) groups excluding carboxylic acids is 1. The molecule has 0 amide bonds. The Morgan fingerprint density at radius 2 is 1.94 bits per heavy atom. The molecule has 0 heterocycles. The van der Waals surface area contributed by atoms with Crippen molar-refractivity contribution >= 4 is 6.08 Å². The third kappa shape index (κ3) is 1.98. The second-order valence-corrected chi connectivity index (χ2v) is 4.27. The summed E-state index contributed by atoms with van der Waals surface area (Å²) in [7, 11) is 0. The van der Waals surface area contributed by atoms with Crippen LogP contribution in [0.15, 0.2) is 47.5 Å². The zero-order valence-corrected chi connectivity index (χ0v) is 10.0. The van der Waals surface area contributed by atoms with Gasteiger partial charge in [-0.3, -0.25) is 0 Å². The van der Waals surface area contributed by atoms with Gasteiger partial charge in [0.2, 0.25) is 6.08 Å². The van der Waals surface area contributed by atoms with Crippen molar-refractivity contribution in [3.63, 3.8) is 0 Å². The van der Waals surface area contributed by atoms with Crippen LogP contribution in [0.3, 0.4) is 0 Å². The Bertz CT molecular complexity index is 412. The van der Waals surface area contributed by atoms with E-state index in [0.29, 0.717) is 0 Å². The van der Waals surface area contributed by atoms with Crippen LogP contribution in [0.1, 0.15) is 26.3 Å². The number of benzene rings is 1. The molecule has 0 aliphatic carbocycles. The van der Waals surface area contributed by atoms with E-state index < -0.39 is 5.54 Å². The van der Waals surface area contributed by atoms with E-state index in [9.17, 15) is 4.79 Å². The van der Waals surface area contributed by atoms with Crippen LogP contribution in [0.5, 0.6) is 0 Å². The maximum atomic E-state index is 10.7. The van der Waals surface area contributed by atoms with E-state index in [-0.39, 0.29) is 5.92 Å². The standard InChI is InChI=1S/C14H17NO/c1-11(2)14(12(3)4,15-10-16)13-8-6-5-7-9-13/h5-9,12H,1H2,2-4H3. The zero-order chi connectivity index (χ0) is 12.2. The summed E-state index contributed by atoms with van der Waals surface area (Å²) < 4.78 is 0. The van der Waals surface area contributed by atoms with Gasteiger partial charge in [-0.1, -0.05) is 50.8 Å². The molecule has 2 heteroatoms. The van der Waals surface area contributed by atoms with Gasteiger partial charge in [-0.05, 0) is 24.0 Å². The SMILES string of the molecule is C=C(C)C(N=C=O)(c1ccccc1)C(C)C. The van der Waals surface area contributed by atoms with Crippen LogP contribution in [0, 0.1) is 5.92 Å². The van der Waals surface area contributed by atoms with E-state index in [4.69, 9.17) is 0 Å². The molecular weight excluding hydrogens is 198 g/mol. The molecule has 0 saturated heterocycles. The molecule has 0 aliphatic rings. The summed E-state index contributed by atoms with van der Waals surface area (Å²) in [5, 5.41) is 0. The largest absolute Gasteiger partial charge is 0.236 e. The van der Waals surface area contributed by atoms with Gasteiger partial charge in [0.05, 0.1) is 0 Å². The van der Waals surface area contributed by atoms with Crippen molar-refractivity contribution in [3.05, 3.63) is 48.0 Å². The Morgan fingerprint density at radius 3 is 2.31 bits per heavy atom. The number of hydrogen-bond donors (Lipinski definition) is 0. The average Bonchev–Trinajstić information content (AvgIpc) is 2.26. The second kappa shape index (κ2) is 4.91. The Hall–Kier alpha value is -1.66. The Balaban J connectivity index is 3.45. The molecule has 0 fully saturated rings. The molecular formula is C14H17NO. The normalized spacial score (nSPS) is 14.0. The molecule has 1 atom stereocenters. The van der Waals surface area contributed by atoms with E-state index in [1.54, 1.807) is 6.08 Å². The molecule has 0 bridgehead atoms. The summed E-state index contributed by atoms with van der Waals surface area (Å²) in [6.45, 7) is 9.93. The molecule has 1 aromatic carbocycles. The number of hydrogen-bond acceptors (Lipinski definition) is 2. The van der Waals surface area contributed by atoms with Gasteiger partial charge < -0.3 is 0 Å². The average molecular weight is 215 g/mol. The summed E-state index contributed by atoms with van der Waals surface area (Å²) in [6.07, 6.45) is 1.68. The number of isocyanates is 1. The lowest BCUT2D eigenvalue weighted by Gasteiger charge is -2.33. The van der Waals surface area contributed by atoms with Gasteiger partial charge >= 0.3 is 0 Å². The molecule has 0 saturated carbocycles. The van der Waals surface area contributed by atoms with Gasteiger partial charge in [0.1, 0.15) is 5.54 Å². The fourth-order valence-electron chi connectivity index (χ4n) is 2.13. The van der Waals surface area contributed by atoms with Crippen molar-refractivity contribution in [1.29, 1.82) is 0 Å². The third-order valence-electron chi connectivity index (χ3n) is 2.92. The Morgan fingerprint density at radius 1 is 1.38 bits per heavy atom. The van der Waals surface area contributed by atoms with Gasteiger partial charge in [-0.25, -0.2) is 4.79 Å². The molecule has 0 aliphatic heterocycles.